The maximum Gasteiger partial charge on any atom is 0.234 e. The zero-order valence-electron chi connectivity index (χ0n) is 17.4. The molecule has 2 amide bonds. The second-order valence-electron chi connectivity index (χ2n) is 7.91. The highest BCUT2D eigenvalue weighted by Crippen LogP contribution is 2.22. The molecule has 2 aliphatic rings. The fraction of sp³-hybridized carbons (Fsp3) is 0.636. The summed E-state index contributed by atoms with van der Waals surface area (Å²) in [5, 5.41) is 15.6. The molecule has 2 fully saturated rings. The molecule has 0 aromatic heterocycles. The molecule has 30 heavy (non-hydrogen) atoms. The first kappa shape index (κ1) is 22.7. The van der Waals surface area contributed by atoms with E-state index in [2.05, 4.69) is 15.5 Å². The predicted octanol–water partition coefficient (Wildman–Crippen LogP) is 0.0923. The molecule has 8 nitrogen and oxygen atoms in total. The number of benzene rings is 1. The molecule has 0 saturated carbocycles. The number of rotatable bonds is 9. The van der Waals surface area contributed by atoms with Crippen molar-refractivity contribution in [1.29, 1.82) is 0 Å². The number of morpholine rings is 1. The molecule has 0 aliphatic carbocycles. The van der Waals surface area contributed by atoms with Crippen LogP contribution in [0.1, 0.15) is 24.8 Å². The lowest BCUT2D eigenvalue weighted by atomic mass is 9.97. The fourth-order valence-corrected chi connectivity index (χ4v) is 3.93. The molecule has 8 heteroatoms. The van der Waals surface area contributed by atoms with Crippen LogP contribution in [0.5, 0.6) is 0 Å². The SMILES string of the molecule is O=C(C[C@H]1CC[C@@H](NC(=O)CN2CCOCC2)[C@@H](CO)O1)NCCc1ccccc1. The van der Waals surface area contributed by atoms with Crippen LogP contribution in [-0.2, 0) is 25.5 Å². The molecule has 0 bridgehead atoms. The van der Waals surface area contributed by atoms with Gasteiger partial charge in [-0.2, -0.15) is 0 Å². The molecule has 0 unspecified atom stereocenters. The summed E-state index contributed by atoms with van der Waals surface area (Å²) in [6, 6.07) is 9.78. The second kappa shape index (κ2) is 12.0. The highest BCUT2D eigenvalue weighted by molar-refractivity contribution is 5.78. The summed E-state index contributed by atoms with van der Waals surface area (Å²) in [5.74, 6) is -0.122. The topological polar surface area (TPSA) is 100 Å². The van der Waals surface area contributed by atoms with E-state index in [-0.39, 0.29) is 37.0 Å². The lowest BCUT2D eigenvalue weighted by Gasteiger charge is -2.36. The maximum absolute atomic E-state index is 12.3. The van der Waals surface area contributed by atoms with E-state index < -0.39 is 6.10 Å². The van der Waals surface area contributed by atoms with Crippen LogP contribution >= 0.6 is 0 Å². The van der Waals surface area contributed by atoms with Crippen molar-refractivity contribution in [3.8, 4) is 0 Å². The number of nitrogens with one attached hydrogen (secondary N) is 2. The normalized spacial score (nSPS) is 24.9. The third kappa shape index (κ3) is 7.36. The maximum atomic E-state index is 12.3. The van der Waals surface area contributed by atoms with Gasteiger partial charge in [-0.3, -0.25) is 14.5 Å². The van der Waals surface area contributed by atoms with Crippen molar-refractivity contribution in [2.75, 3.05) is 46.0 Å². The van der Waals surface area contributed by atoms with Crippen LogP contribution in [0.3, 0.4) is 0 Å². The van der Waals surface area contributed by atoms with E-state index in [0.29, 0.717) is 39.1 Å². The average Bonchev–Trinajstić information content (AvgIpc) is 2.76. The van der Waals surface area contributed by atoms with Crippen molar-refractivity contribution >= 4 is 11.8 Å². The molecular weight excluding hydrogens is 386 g/mol. The quantitative estimate of drug-likeness (QED) is 0.525. The van der Waals surface area contributed by atoms with Crippen molar-refractivity contribution in [2.24, 2.45) is 0 Å². The molecule has 0 spiro atoms. The minimum Gasteiger partial charge on any atom is -0.394 e. The van der Waals surface area contributed by atoms with E-state index >= 15 is 0 Å². The third-order valence-electron chi connectivity index (χ3n) is 5.60. The first-order chi connectivity index (χ1) is 14.6. The first-order valence-corrected chi connectivity index (χ1v) is 10.8. The van der Waals surface area contributed by atoms with Gasteiger partial charge >= 0.3 is 0 Å². The fourth-order valence-electron chi connectivity index (χ4n) is 3.93. The summed E-state index contributed by atoms with van der Waals surface area (Å²) in [6.07, 6.45) is 1.67. The van der Waals surface area contributed by atoms with Crippen LogP contribution in [0.2, 0.25) is 0 Å². The van der Waals surface area contributed by atoms with Crippen molar-refractivity contribution in [2.45, 2.75) is 43.9 Å². The monoisotopic (exact) mass is 419 g/mol. The Labute approximate surface area is 177 Å². The van der Waals surface area contributed by atoms with Gasteiger partial charge in [0.25, 0.3) is 0 Å². The van der Waals surface area contributed by atoms with E-state index in [4.69, 9.17) is 9.47 Å². The number of aliphatic hydroxyl groups excluding tert-OH is 1. The van der Waals surface area contributed by atoms with Crippen molar-refractivity contribution < 1.29 is 24.2 Å². The summed E-state index contributed by atoms with van der Waals surface area (Å²) in [5.41, 5.74) is 1.18. The number of carbonyl (C=O) groups excluding carboxylic acids is 2. The predicted molar refractivity (Wildman–Crippen MR) is 112 cm³/mol. The average molecular weight is 420 g/mol. The van der Waals surface area contributed by atoms with Crippen LogP contribution in [0.15, 0.2) is 30.3 Å². The smallest absolute Gasteiger partial charge is 0.234 e. The summed E-state index contributed by atoms with van der Waals surface area (Å²) in [6.45, 7) is 3.51. The van der Waals surface area contributed by atoms with E-state index in [9.17, 15) is 14.7 Å². The molecule has 3 rings (SSSR count). The second-order valence-corrected chi connectivity index (χ2v) is 7.91. The Bertz CT molecular complexity index is 666. The van der Waals surface area contributed by atoms with Gasteiger partial charge in [0, 0.05) is 19.6 Å². The van der Waals surface area contributed by atoms with E-state index in [1.807, 2.05) is 30.3 Å². The van der Waals surface area contributed by atoms with Gasteiger partial charge in [0.2, 0.25) is 11.8 Å². The number of ether oxygens (including phenoxy) is 2. The number of carbonyl (C=O) groups is 2. The number of hydrogen-bond donors (Lipinski definition) is 3. The van der Waals surface area contributed by atoms with Gasteiger partial charge in [-0.25, -0.2) is 0 Å². The lowest BCUT2D eigenvalue weighted by molar-refractivity contribution is -0.136. The van der Waals surface area contributed by atoms with Gasteiger partial charge < -0.3 is 25.2 Å². The molecule has 1 aromatic rings. The lowest BCUT2D eigenvalue weighted by Crippen LogP contribution is -2.53. The summed E-state index contributed by atoms with van der Waals surface area (Å²) >= 11 is 0. The van der Waals surface area contributed by atoms with Crippen LogP contribution in [-0.4, -0.2) is 86.1 Å². The highest BCUT2D eigenvalue weighted by Gasteiger charge is 2.33. The minimum absolute atomic E-state index is 0.0533. The summed E-state index contributed by atoms with van der Waals surface area (Å²) in [7, 11) is 0. The zero-order chi connectivity index (χ0) is 21.2. The van der Waals surface area contributed by atoms with Gasteiger partial charge in [-0.1, -0.05) is 30.3 Å². The molecule has 166 valence electrons. The van der Waals surface area contributed by atoms with E-state index in [0.717, 1.165) is 19.5 Å². The summed E-state index contributed by atoms with van der Waals surface area (Å²) < 4.78 is 11.2. The number of amides is 2. The third-order valence-corrected chi connectivity index (χ3v) is 5.60. The molecule has 2 saturated heterocycles. The molecule has 0 radical (unpaired) electrons. The molecule has 1 aromatic carbocycles. The zero-order valence-corrected chi connectivity index (χ0v) is 17.4. The molecule has 3 atom stereocenters. The van der Waals surface area contributed by atoms with Crippen LogP contribution in [0.25, 0.3) is 0 Å². The highest BCUT2D eigenvalue weighted by atomic mass is 16.5. The summed E-state index contributed by atoms with van der Waals surface area (Å²) in [4.78, 5) is 26.6. The number of nitrogens with zero attached hydrogens (tertiary/aromatic N) is 1. The Morgan fingerprint density at radius 1 is 1.10 bits per heavy atom. The number of hydrogen-bond acceptors (Lipinski definition) is 6. The molecule has 2 heterocycles. The van der Waals surface area contributed by atoms with E-state index in [1.165, 1.54) is 5.56 Å². The van der Waals surface area contributed by atoms with Gasteiger partial charge in [0.05, 0.1) is 44.9 Å². The Morgan fingerprint density at radius 2 is 1.87 bits per heavy atom. The Hall–Kier alpha value is -2.00. The Kier molecular flexibility index (Phi) is 9.07. The molecular formula is C22H33N3O5. The first-order valence-electron chi connectivity index (χ1n) is 10.8. The Morgan fingerprint density at radius 3 is 2.60 bits per heavy atom. The largest absolute Gasteiger partial charge is 0.394 e. The van der Waals surface area contributed by atoms with Crippen LogP contribution in [0, 0.1) is 0 Å². The van der Waals surface area contributed by atoms with Gasteiger partial charge in [0.15, 0.2) is 0 Å². The van der Waals surface area contributed by atoms with Crippen LogP contribution in [0.4, 0.5) is 0 Å². The molecule has 3 N–H and O–H groups in total. The van der Waals surface area contributed by atoms with Crippen molar-refractivity contribution in [3.05, 3.63) is 35.9 Å². The number of aliphatic hydroxyl groups is 1. The Balaban J connectivity index is 1.36. The van der Waals surface area contributed by atoms with Gasteiger partial charge in [0.1, 0.15) is 6.10 Å². The minimum atomic E-state index is -0.491. The van der Waals surface area contributed by atoms with Gasteiger partial charge in [-0.15, -0.1) is 0 Å². The molecule has 2 aliphatic heterocycles. The van der Waals surface area contributed by atoms with Crippen molar-refractivity contribution in [3.63, 3.8) is 0 Å². The van der Waals surface area contributed by atoms with E-state index in [1.54, 1.807) is 0 Å². The van der Waals surface area contributed by atoms with Gasteiger partial charge in [-0.05, 0) is 24.8 Å². The standard InChI is InChI=1S/C22H33N3O5/c26-16-20-19(24-22(28)15-25-10-12-29-13-11-25)7-6-18(30-20)14-21(27)23-9-8-17-4-2-1-3-5-17/h1-5,18-20,26H,6-16H2,(H,23,27)(H,24,28)/t18-,19-,20-/m1/s1. The van der Waals surface area contributed by atoms with Crippen LogP contribution < -0.4 is 10.6 Å². The van der Waals surface area contributed by atoms with Crippen molar-refractivity contribution in [1.82, 2.24) is 15.5 Å².